The summed E-state index contributed by atoms with van der Waals surface area (Å²) in [6.45, 7) is 0. The van der Waals surface area contributed by atoms with Gasteiger partial charge < -0.3 is 4.52 Å². The molecule has 0 fully saturated rings. The molecular weight excluding hydrogens is 354 g/mol. The molecule has 0 N–H and O–H groups in total. The van der Waals surface area contributed by atoms with Crippen molar-refractivity contribution in [3.05, 3.63) is 61.9 Å². The number of carbonyl (C=O) groups excluding carboxylic acids is 2. The van der Waals surface area contributed by atoms with Gasteiger partial charge in [0.05, 0.1) is 4.88 Å². The molecule has 21 heavy (non-hydrogen) atoms. The van der Waals surface area contributed by atoms with Crippen molar-refractivity contribution in [1.82, 2.24) is 5.16 Å². The van der Waals surface area contributed by atoms with Crippen molar-refractivity contribution in [2.45, 2.75) is 0 Å². The Morgan fingerprint density at radius 2 is 1.86 bits per heavy atom. The van der Waals surface area contributed by atoms with Gasteiger partial charge in [0.1, 0.15) is 11.3 Å². The second-order valence-corrected chi connectivity index (χ2v) is 6.31. The van der Waals surface area contributed by atoms with E-state index in [1.807, 2.05) is 24.3 Å². The molecule has 0 bridgehead atoms. The molecular formula is C15H6BrNO3S. The van der Waals surface area contributed by atoms with E-state index in [9.17, 15) is 9.59 Å². The number of ketones is 2. The molecule has 6 heteroatoms. The summed E-state index contributed by atoms with van der Waals surface area (Å²) in [4.78, 5) is 25.4. The number of rotatable bonds is 1. The lowest BCUT2D eigenvalue weighted by atomic mass is 9.92. The molecule has 0 saturated carbocycles. The third-order valence-electron chi connectivity index (χ3n) is 3.37. The molecule has 1 aromatic carbocycles. The van der Waals surface area contributed by atoms with Crippen LogP contribution in [0.1, 0.15) is 31.4 Å². The van der Waals surface area contributed by atoms with Gasteiger partial charge in [-0.3, -0.25) is 9.59 Å². The fraction of sp³-hybridized carbons (Fsp3) is 0. The number of carbonyl (C=O) groups is 2. The van der Waals surface area contributed by atoms with Crippen molar-refractivity contribution < 1.29 is 14.1 Å². The van der Waals surface area contributed by atoms with Crippen LogP contribution in [-0.4, -0.2) is 16.7 Å². The second kappa shape index (κ2) is 4.47. The van der Waals surface area contributed by atoms with Gasteiger partial charge in [-0.25, -0.2) is 0 Å². The van der Waals surface area contributed by atoms with Gasteiger partial charge >= 0.3 is 0 Å². The standard InChI is InChI=1S/C15H6BrNO3S/c16-9-4-2-1-3-7(9)11-10-13(19)15-8(5-6-21-15)12(18)14(10)20-17-11/h1-6H. The minimum atomic E-state index is -0.286. The van der Waals surface area contributed by atoms with E-state index in [0.717, 1.165) is 10.0 Å². The van der Waals surface area contributed by atoms with Gasteiger partial charge in [-0.2, -0.15) is 0 Å². The third kappa shape index (κ3) is 1.69. The zero-order valence-corrected chi connectivity index (χ0v) is 12.8. The molecule has 1 aliphatic carbocycles. The van der Waals surface area contributed by atoms with Crippen LogP contribution < -0.4 is 0 Å². The predicted octanol–water partition coefficient (Wildman–Crippen LogP) is 3.94. The number of halogens is 1. The number of aromatic nitrogens is 1. The molecule has 0 saturated heterocycles. The average Bonchev–Trinajstić information content (AvgIpc) is 3.12. The van der Waals surface area contributed by atoms with E-state index in [2.05, 4.69) is 21.1 Å². The summed E-state index contributed by atoms with van der Waals surface area (Å²) in [5.74, 6) is -0.468. The molecule has 3 aromatic rings. The summed E-state index contributed by atoms with van der Waals surface area (Å²) in [5.41, 5.74) is 1.77. The van der Waals surface area contributed by atoms with Gasteiger partial charge in [0, 0.05) is 15.6 Å². The first-order valence-electron chi connectivity index (χ1n) is 6.10. The van der Waals surface area contributed by atoms with Crippen molar-refractivity contribution in [2.75, 3.05) is 0 Å². The van der Waals surface area contributed by atoms with Gasteiger partial charge in [0.2, 0.25) is 17.3 Å². The highest BCUT2D eigenvalue weighted by Crippen LogP contribution is 2.38. The zero-order chi connectivity index (χ0) is 14.6. The van der Waals surface area contributed by atoms with Gasteiger partial charge in [-0.05, 0) is 17.5 Å². The van der Waals surface area contributed by atoms with Crippen molar-refractivity contribution >= 4 is 38.8 Å². The van der Waals surface area contributed by atoms with E-state index in [4.69, 9.17) is 4.52 Å². The van der Waals surface area contributed by atoms with Crippen molar-refractivity contribution in [1.29, 1.82) is 0 Å². The van der Waals surface area contributed by atoms with Crippen LogP contribution in [0, 0.1) is 0 Å². The Morgan fingerprint density at radius 3 is 2.67 bits per heavy atom. The third-order valence-corrected chi connectivity index (χ3v) is 4.98. The fourth-order valence-electron chi connectivity index (χ4n) is 2.39. The lowest BCUT2D eigenvalue weighted by Crippen LogP contribution is -2.17. The molecule has 0 unspecified atom stereocenters. The quantitative estimate of drug-likeness (QED) is 0.516. The molecule has 4 nitrogen and oxygen atoms in total. The van der Waals surface area contributed by atoms with E-state index < -0.39 is 0 Å². The molecule has 2 aromatic heterocycles. The molecule has 1 aliphatic rings. The lowest BCUT2D eigenvalue weighted by Gasteiger charge is -2.09. The maximum atomic E-state index is 12.6. The molecule has 2 heterocycles. The van der Waals surface area contributed by atoms with Crippen LogP contribution in [0.15, 0.2) is 44.7 Å². The molecule has 0 spiro atoms. The largest absolute Gasteiger partial charge is 0.351 e. The maximum Gasteiger partial charge on any atom is 0.233 e. The van der Waals surface area contributed by atoms with Crippen molar-refractivity contribution in [2.24, 2.45) is 0 Å². The van der Waals surface area contributed by atoms with E-state index in [1.165, 1.54) is 11.3 Å². The first-order valence-corrected chi connectivity index (χ1v) is 7.77. The summed E-state index contributed by atoms with van der Waals surface area (Å²) in [5, 5.41) is 5.68. The predicted molar refractivity (Wildman–Crippen MR) is 80.8 cm³/mol. The number of fused-ring (bicyclic) bond motifs is 2. The molecule has 0 amide bonds. The Labute approximate surface area is 131 Å². The average molecular weight is 360 g/mol. The number of benzene rings is 1. The van der Waals surface area contributed by atoms with E-state index in [-0.39, 0.29) is 22.9 Å². The first-order chi connectivity index (χ1) is 10.2. The Kier molecular flexibility index (Phi) is 2.70. The second-order valence-electron chi connectivity index (χ2n) is 4.54. The van der Waals surface area contributed by atoms with E-state index >= 15 is 0 Å². The maximum absolute atomic E-state index is 12.6. The summed E-state index contributed by atoms with van der Waals surface area (Å²) >= 11 is 4.69. The highest BCUT2D eigenvalue weighted by molar-refractivity contribution is 9.10. The Morgan fingerprint density at radius 1 is 1.05 bits per heavy atom. The summed E-state index contributed by atoms with van der Waals surface area (Å²) in [6.07, 6.45) is 0. The summed E-state index contributed by atoms with van der Waals surface area (Å²) in [6, 6.07) is 9.02. The monoisotopic (exact) mass is 359 g/mol. The number of hydrogen-bond donors (Lipinski definition) is 0. The van der Waals surface area contributed by atoms with Crippen molar-refractivity contribution in [3.63, 3.8) is 0 Å². The Balaban J connectivity index is 2.00. The first kappa shape index (κ1) is 12.7. The lowest BCUT2D eigenvalue weighted by molar-refractivity contribution is 0.0958. The smallest absolute Gasteiger partial charge is 0.233 e. The molecule has 4 rings (SSSR count). The summed E-state index contributed by atoms with van der Waals surface area (Å²) < 4.78 is 5.96. The minimum Gasteiger partial charge on any atom is -0.351 e. The van der Waals surface area contributed by atoms with Gasteiger partial charge in [-0.1, -0.05) is 39.3 Å². The molecule has 0 atom stereocenters. The van der Waals surface area contributed by atoms with E-state index in [0.29, 0.717) is 16.1 Å². The van der Waals surface area contributed by atoms with Crippen LogP contribution >= 0.6 is 27.3 Å². The van der Waals surface area contributed by atoms with Crippen LogP contribution in [-0.2, 0) is 0 Å². The Hall–Kier alpha value is -2.05. The minimum absolute atomic E-state index is 0.0247. The molecule has 0 aliphatic heterocycles. The molecule has 0 radical (unpaired) electrons. The van der Waals surface area contributed by atoms with Crippen LogP contribution in [0.25, 0.3) is 11.3 Å². The number of hydrogen-bond acceptors (Lipinski definition) is 5. The van der Waals surface area contributed by atoms with Gasteiger partial charge in [0.25, 0.3) is 0 Å². The number of thiophene rings is 1. The van der Waals surface area contributed by atoms with Gasteiger partial charge in [-0.15, -0.1) is 11.3 Å². The highest BCUT2D eigenvalue weighted by Gasteiger charge is 2.38. The highest BCUT2D eigenvalue weighted by atomic mass is 79.9. The summed E-state index contributed by atoms with van der Waals surface area (Å²) in [7, 11) is 0. The van der Waals surface area contributed by atoms with Crippen molar-refractivity contribution in [3.8, 4) is 11.3 Å². The fourth-order valence-corrected chi connectivity index (χ4v) is 3.70. The van der Waals surface area contributed by atoms with Crippen LogP contribution in [0.5, 0.6) is 0 Å². The normalized spacial score (nSPS) is 13.2. The van der Waals surface area contributed by atoms with Gasteiger partial charge in [0.15, 0.2) is 0 Å². The zero-order valence-electron chi connectivity index (χ0n) is 10.4. The topological polar surface area (TPSA) is 60.2 Å². The number of nitrogens with zero attached hydrogens (tertiary/aromatic N) is 1. The van der Waals surface area contributed by atoms with Crippen LogP contribution in [0.4, 0.5) is 0 Å². The molecule has 102 valence electrons. The van der Waals surface area contributed by atoms with Crippen LogP contribution in [0.3, 0.4) is 0 Å². The van der Waals surface area contributed by atoms with E-state index in [1.54, 1.807) is 11.4 Å². The van der Waals surface area contributed by atoms with Crippen LogP contribution in [0.2, 0.25) is 0 Å². The SMILES string of the molecule is O=C1c2ccsc2C(=O)c2c(-c3ccccc3Br)noc21. The Bertz CT molecular complexity index is 909.